The van der Waals surface area contributed by atoms with E-state index < -0.39 is 0 Å². The second kappa shape index (κ2) is 4.87. The Labute approximate surface area is 78.8 Å². The van der Waals surface area contributed by atoms with Gasteiger partial charge in [0, 0.05) is 5.56 Å². The fraction of sp³-hybridized carbons (Fsp3) is 0.455. The fourth-order valence-corrected chi connectivity index (χ4v) is 1.28. The number of hydrogen-bond acceptors (Lipinski definition) is 2. The molecule has 2 N–H and O–H groups in total. The van der Waals surface area contributed by atoms with Crippen molar-refractivity contribution >= 4 is 0 Å². The summed E-state index contributed by atoms with van der Waals surface area (Å²) in [5, 5.41) is 18.3. The lowest BCUT2D eigenvalue weighted by molar-refractivity contribution is 0.275. The van der Waals surface area contributed by atoms with E-state index in [0.29, 0.717) is 5.56 Å². The second-order valence-corrected chi connectivity index (χ2v) is 3.22. The molecule has 0 radical (unpaired) electrons. The molecule has 2 nitrogen and oxygen atoms in total. The first-order valence-corrected chi connectivity index (χ1v) is 4.69. The number of aliphatic hydroxyl groups is 1. The highest BCUT2D eigenvalue weighted by Gasteiger charge is 2.00. The smallest absolute Gasteiger partial charge is 0.121 e. The van der Waals surface area contributed by atoms with Crippen LogP contribution in [0.15, 0.2) is 18.2 Å². The SMILES string of the molecule is CCCCc1ccc(CO)c(O)c1. The van der Waals surface area contributed by atoms with Crippen molar-refractivity contribution < 1.29 is 10.2 Å². The predicted molar refractivity (Wildman–Crippen MR) is 52.6 cm³/mol. The molecule has 0 atom stereocenters. The average molecular weight is 180 g/mol. The molecule has 1 rings (SSSR count). The lowest BCUT2D eigenvalue weighted by Gasteiger charge is -2.04. The van der Waals surface area contributed by atoms with Crippen molar-refractivity contribution in [1.82, 2.24) is 0 Å². The Hall–Kier alpha value is -1.02. The molecule has 72 valence electrons. The molecular formula is C11H16O2. The first-order chi connectivity index (χ1) is 6.27. The maximum absolute atomic E-state index is 9.43. The van der Waals surface area contributed by atoms with Gasteiger partial charge in [-0.25, -0.2) is 0 Å². The summed E-state index contributed by atoms with van der Waals surface area (Å²) in [6, 6.07) is 5.47. The Morgan fingerprint density at radius 1 is 1.31 bits per heavy atom. The molecule has 0 aliphatic rings. The molecular weight excluding hydrogens is 164 g/mol. The highest BCUT2D eigenvalue weighted by atomic mass is 16.3. The molecule has 0 aliphatic carbocycles. The summed E-state index contributed by atoms with van der Waals surface area (Å²) >= 11 is 0. The zero-order chi connectivity index (χ0) is 9.68. The molecule has 0 aliphatic heterocycles. The van der Waals surface area contributed by atoms with Crippen molar-refractivity contribution in [3.63, 3.8) is 0 Å². The van der Waals surface area contributed by atoms with Crippen molar-refractivity contribution in [2.45, 2.75) is 32.8 Å². The number of aryl methyl sites for hydroxylation is 1. The van der Waals surface area contributed by atoms with Gasteiger partial charge in [-0.05, 0) is 24.5 Å². The van der Waals surface area contributed by atoms with Gasteiger partial charge >= 0.3 is 0 Å². The van der Waals surface area contributed by atoms with E-state index >= 15 is 0 Å². The molecule has 0 unspecified atom stereocenters. The topological polar surface area (TPSA) is 40.5 Å². The van der Waals surface area contributed by atoms with Gasteiger partial charge in [-0.3, -0.25) is 0 Å². The molecule has 0 spiro atoms. The fourth-order valence-electron chi connectivity index (χ4n) is 1.28. The van der Waals surface area contributed by atoms with Crippen LogP contribution < -0.4 is 0 Å². The molecule has 2 heteroatoms. The normalized spacial score (nSPS) is 10.3. The van der Waals surface area contributed by atoms with Gasteiger partial charge in [-0.2, -0.15) is 0 Å². The van der Waals surface area contributed by atoms with Crippen molar-refractivity contribution in [3.8, 4) is 5.75 Å². The van der Waals surface area contributed by atoms with Crippen molar-refractivity contribution in [3.05, 3.63) is 29.3 Å². The Kier molecular flexibility index (Phi) is 3.77. The van der Waals surface area contributed by atoms with E-state index in [2.05, 4.69) is 6.92 Å². The third-order valence-corrected chi connectivity index (χ3v) is 2.14. The van der Waals surface area contributed by atoms with Crippen LogP contribution in [0, 0.1) is 0 Å². The third-order valence-electron chi connectivity index (χ3n) is 2.14. The monoisotopic (exact) mass is 180 g/mol. The van der Waals surface area contributed by atoms with Crippen LogP contribution in [0.4, 0.5) is 0 Å². The van der Waals surface area contributed by atoms with Crippen LogP contribution in [0.5, 0.6) is 5.75 Å². The largest absolute Gasteiger partial charge is 0.508 e. The summed E-state index contributed by atoms with van der Waals surface area (Å²) in [5.41, 5.74) is 1.73. The van der Waals surface area contributed by atoms with E-state index in [-0.39, 0.29) is 12.4 Å². The van der Waals surface area contributed by atoms with Crippen molar-refractivity contribution in [2.75, 3.05) is 0 Å². The van der Waals surface area contributed by atoms with Gasteiger partial charge in [0.05, 0.1) is 6.61 Å². The van der Waals surface area contributed by atoms with Crippen LogP contribution >= 0.6 is 0 Å². The van der Waals surface area contributed by atoms with Crippen LogP contribution in [0.2, 0.25) is 0 Å². The number of benzene rings is 1. The standard InChI is InChI=1S/C11H16O2/c1-2-3-4-9-5-6-10(8-12)11(13)7-9/h5-7,12-13H,2-4,8H2,1H3. The van der Waals surface area contributed by atoms with Gasteiger partial charge in [-0.15, -0.1) is 0 Å². The lowest BCUT2D eigenvalue weighted by Crippen LogP contribution is -1.88. The van der Waals surface area contributed by atoms with E-state index in [1.54, 1.807) is 12.1 Å². The second-order valence-electron chi connectivity index (χ2n) is 3.22. The van der Waals surface area contributed by atoms with E-state index in [9.17, 15) is 5.11 Å². The first kappa shape index (κ1) is 10.1. The Morgan fingerprint density at radius 2 is 2.08 bits per heavy atom. The van der Waals surface area contributed by atoms with Crippen LogP contribution in [-0.4, -0.2) is 10.2 Å². The van der Waals surface area contributed by atoms with Crippen molar-refractivity contribution in [1.29, 1.82) is 0 Å². The van der Waals surface area contributed by atoms with Crippen LogP contribution in [0.3, 0.4) is 0 Å². The Balaban J connectivity index is 2.71. The third kappa shape index (κ3) is 2.74. The molecule has 0 amide bonds. The van der Waals surface area contributed by atoms with Gasteiger partial charge in [0.1, 0.15) is 5.75 Å². The molecule has 0 saturated heterocycles. The van der Waals surface area contributed by atoms with E-state index in [0.717, 1.165) is 24.8 Å². The first-order valence-electron chi connectivity index (χ1n) is 4.69. The van der Waals surface area contributed by atoms with E-state index in [1.807, 2.05) is 6.07 Å². The van der Waals surface area contributed by atoms with Crippen LogP contribution in [0.1, 0.15) is 30.9 Å². The number of rotatable bonds is 4. The van der Waals surface area contributed by atoms with Gasteiger partial charge < -0.3 is 10.2 Å². The lowest BCUT2D eigenvalue weighted by atomic mass is 10.1. The minimum atomic E-state index is -0.0973. The van der Waals surface area contributed by atoms with Gasteiger partial charge in [0.2, 0.25) is 0 Å². The number of aliphatic hydroxyl groups excluding tert-OH is 1. The Bertz CT molecular complexity index is 269. The minimum Gasteiger partial charge on any atom is -0.508 e. The molecule has 1 aromatic carbocycles. The summed E-state index contributed by atoms with van der Waals surface area (Å²) in [6.07, 6.45) is 3.29. The van der Waals surface area contributed by atoms with Gasteiger partial charge in [0.25, 0.3) is 0 Å². The molecule has 0 bridgehead atoms. The molecule has 1 aromatic rings. The molecule has 13 heavy (non-hydrogen) atoms. The Morgan fingerprint density at radius 3 is 2.62 bits per heavy atom. The zero-order valence-corrected chi connectivity index (χ0v) is 7.95. The number of unbranched alkanes of at least 4 members (excludes halogenated alkanes) is 1. The number of aromatic hydroxyl groups is 1. The summed E-state index contributed by atoms with van der Waals surface area (Å²) in [5.74, 6) is 0.205. The molecule has 0 aromatic heterocycles. The van der Waals surface area contributed by atoms with Crippen molar-refractivity contribution in [2.24, 2.45) is 0 Å². The maximum atomic E-state index is 9.43. The summed E-state index contributed by atoms with van der Waals surface area (Å²) < 4.78 is 0. The molecule has 0 fully saturated rings. The average Bonchev–Trinajstić information content (AvgIpc) is 2.15. The highest BCUT2D eigenvalue weighted by Crippen LogP contribution is 2.19. The van der Waals surface area contributed by atoms with E-state index in [4.69, 9.17) is 5.11 Å². The molecule has 0 saturated carbocycles. The van der Waals surface area contributed by atoms with E-state index in [1.165, 1.54) is 0 Å². The summed E-state index contributed by atoms with van der Waals surface area (Å²) in [7, 11) is 0. The number of phenols is 1. The number of hydrogen-bond donors (Lipinski definition) is 2. The molecule has 0 heterocycles. The zero-order valence-electron chi connectivity index (χ0n) is 7.95. The summed E-state index contributed by atoms with van der Waals surface area (Å²) in [4.78, 5) is 0. The van der Waals surface area contributed by atoms with Gasteiger partial charge in [0.15, 0.2) is 0 Å². The maximum Gasteiger partial charge on any atom is 0.121 e. The van der Waals surface area contributed by atoms with Crippen LogP contribution in [-0.2, 0) is 13.0 Å². The van der Waals surface area contributed by atoms with Crippen LogP contribution in [0.25, 0.3) is 0 Å². The van der Waals surface area contributed by atoms with Gasteiger partial charge in [-0.1, -0.05) is 25.5 Å². The summed E-state index contributed by atoms with van der Waals surface area (Å²) in [6.45, 7) is 2.04. The minimum absolute atomic E-state index is 0.0973. The quantitative estimate of drug-likeness (QED) is 0.746. The highest BCUT2D eigenvalue weighted by molar-refractivity contribution is 5.35. The predicted octanol–water partition coefficient (Wildman–Crippen LogP) is 2.23.